The van der Waals surface area contributed by atoms with E-state index in [-0.39, 0.29) is 11.8 Å². The lowest BCUT2D eigenvalue weighted by Gasteiger charge is -2.38. The number of benzene rings is 3. The molecule has 0 radical (unpaired) electrons. The van der Waals surface area contributed by atoms with Gasteiger partial charge in [0.15, 0.2) is 0 Å². The molecule has 2 saturated heterocycles. The van der Waals surface area contributed by atoms with Gasteiger partial charge in [-0.05, 0) is 42.3 Å². The Morgan fingerprint density at radius 2 is 1.51 bits per heavy atom. The van der Waals surface area contributed by atoms with Gasteiger partial charge >= 0.3 is 6.18 Å². The molecule has 2 aliphatic rings. The van der Waals surface area contributed by atoms with E-state index < -0.39 is 23.2 Å². The Morgan fingerprint density at radius 3 is 2.13 bits per heavy atom. The van der Waals surface area contributed by atoms with Gasteiger partial charge in [-0.1, -0.05) is 60.2 Å². The van der Waals surface area contributed by atoms with Crippen LogP contribution in [0.4, 0.5) is 13.2 Å². The number of carbonyl (C=O) groups excluding carboxylic acids is 2. The molecular formula is C30H30F3N3O2S. The van der Waals surface area contributed by atoms with E-state index in [4.69, 9.17) is 0 Å². The molecule has 0 bridgehead atoms. The minimum atomic E-state index is -4.44. The molecule has 9 heteroatoms. The van der Waals surface area contributed by atoms with Crippen molar-refractivity contribution in [1.82, 2.24) is 14.7 Å². The molecule has 0 aromatic heterocycles. The van der Waals surface area contributed by atoms with Gasteiger partial charge in [0.2, 0.25) is 5.91 Å². The number of halogens is 3. The van der Waals surface area contributed by atoms with E-state index in [1.54, 1.807) is 17.0 Å². The summed E-state index contributed by atoms with van der Waals surface area (Å²) in [4.78, 5) is 33.2. The predicted octanol–water partition coefficient (Wildman–Crippen LogP) is 5.61. The number of hydrogen-bond acceptors (Lipinski definition) is 4. The normalized spacial score (nSPS) is 20.3. The molecule has 2 heterocycles. The Morgan fingerprint density at radius 1 is 0.872 bits per heavy atom. The first kappa shape index (κ1) is 27.3. The molecule has 5 rings (SSSR count). The summed E-state index contributed by atoms with van der Waals surface area (Å²) in [6, 6.07) is 21.5. The van der Waals surface area contributed by atoms with E-state index >= 15 is 0 Å². The molecule has 5 nitrogen and oxygen atoms in total. The number of amides is 2. The summed E-state index contributed by atoms with van der Waals surface area (Å²) >= 11 is 1.41. The number of thioether (sulfide) groups is 1. The Hall–Kier alpha value is -3.30. The van der Waals surface area contributed by atoms with Crippen molar-refractivity contribution in [2.24, 2.45) is 0 Å². The average Bonchev–Trinajstić information content (AvgIpc) is 3.38. The minimum Gasteiger partial charge on any atom is -0.338 e. The zero-order valence-corrected chi connectivity index (χ0v) is 22.4. The fraction of sp³-hybridized carbons (Fsp3) is 0.333. The number of piperazine rings is 1. The molecule has 39 heavy (non-hydrogen) atoms. The van der Waals surface area contributed by atoms with Crippen molar-refractivity contribution in [2.45, 2.75) is 31.1 Å². The Balaban J connectivity index is 1.35. The van der Waals surface area contributed by atoms with Crippen molar-refractivity contribution in [2.75, 3.05) is 31.9 Å². The molecule has 2 unspecified atom stereocenters. The molecule has 2 fully saturated rings. The van der Waals surface area contributed by atoms with Crippen LogP contribution in [0.25, 0.3) is 0 Å². The zero-order valence-electron chi connectivity index (χ0n) is 21.6. The van der Waals surface area contributed by atoms with Crippen LogP contribution in [0.5, 0.6) is 0 Å². The SMILES string of the molecule is Cc1ccc(C(=O)N2C(C(=O)N3CCN(Cc4ccccc4)CC3)CSC2c2ccc(C(F)(F)F)cc2)cc1. The second-order valence-corrected chi connectivity index (χ2v) is 11.1. The van der Waals surface area contributed by atoms with Gasteiger partial charge in [-0.15, -0.1) is 11.8 Å². The van der Waals surface area contributed by atoms with Crippen molar-refractivity contribution in [3.05, 3.63) is 107 Å². The minimum absolute atomic E-state index is 0.114. The number of rotatable bonds is 5. The predicted molar refractivity (Wildman–Crippen MR) is 146 cm³/mol. The maximum Gasteiger partial charge on any atom is 0.416 e. The van der Waals surface area contributed by atoms with E-state index in [0.717, 1.165) is 37.3 Å². The molecule has 204 valence electrons. The Bertz CT molecular complexity index is 1290. The highest BCUT2D eigenvalue weighted by Crippen LogP contribution is 2.43. The van der Waals surface area contributed by atoms with Gasteiger partial charge in [-0.3, -0.25) is 14.5 Å². The molecule has 3 aromatic rings. The lowest BCUT2D eigenvalue weighted by Crippen LogP contribution is -2.55. The third-order valence-electron chi connectivity index (χ3n) is 7.27. The van der Waals surface area contributed by atoms with Crippen molar-refractivity contribution in [3.63, 3.8) is 0 Å². The fourth-order valence-electron chi connectivity index (χ4n) is 5.06. The summed E-state index contributed by atoms with van der Waals surface area (Å²) < 4.78 is 39.5. The first-order chi connectivity index (χ1) is 18.7. The van der Waals surface area contributed by atoms with Crippen LogP contribution in [0.2, 0.25) is 0 Å². The van der Waals surface area contributed by atoms with Gasteiger partial charge in [0, 0.05) is 44.0 Å². The standard InChI is InChI=1S/C30H30F3N3O2S/c1-21-7-9-23(10-8-21)27(37)36-26(20-39-29(36)24-11-13-25(14-12-24)30(31,32)33)28(38)35-17-15-34(16-18-35)19-22-5-3-2-4-6-22/h2-14,26,29H,15-20H2,1H3. The van der Waals surface area contributed by atoms with E-state index in [1.165, 1.54) is 29.5 Å². The average molecular weight is 554 g/mol. The first-order valence-electron chi connectivity index (χ1n) is 12.9. The molecule has 0 aliphatic carbocycles. The van der Waals surface area contributed by atoms with Crippen LogP contribution in [0, 0.1) is 6.92 Å². The molecule has 0 N–H and O–H groups in total. The van der Waals surface area contributed by atoms with Crippen molar-refractivity contribution < 1.29 is 22.8 Å². The van der Waals surface area contributed by atoms with Crippen LogP contribution in [-0.2, 0) is 17.5 Å². The fourth-order valence-corrected chi connectivity index (χ4v) is 6.48. The summed E-state index contributed by atoms with van der Waals surface area (Å²) in [7, 11) is 0. The molecular weight excluding hydrogens is 523 g/mol. The maximum atomic E-state index is 13.8. The van der Waals surface area contributed by atoms with Crippen molar-refractivity contribution >= 4 is 23.6 Å². The molecule has 0 spiro atoms. The van der Waals surface area contributed by atoms with Crippen LogP contribution >= 0.6 is 11.8 Å². The van der Waals surface area contributed by atoms with E-state index in [9.17, 15) is 22.8 Å². The highest BCUT2D eigenvalue weighted by Gasteiger charge is 2.44. The Labute approximate surface area is 230 Å². The lowest BCUT2D eigenvalue weighted by molar-refractivity contribution is -0.138. The summed E-state index contributed by atoms with van der Waals surface area (Å²) in [5.41, 5.74) is 2.50. The van der Waals surface area contributed by atoms with Gasteiger partial charge in [0.25, 0.3) is 5.91 Å². The van der Waals surface area contributed by atoms with Gasteiger partial charge in [0.05, 0.1) is 5.56 Å². The third kappa shape index (κ3) is 6.15. The summed E-state index contributed by atoms with van der Waals surface area (Å²) in [6.45, 7) is 5.32. The summed E-state index contributed by atoms with van der Waals surface area (Å²) in [5, 5.41) is -0.561. The molecule has 2 aliphatic heterocycles. The number of aryl methyl sites for hydroxylation is 1. The largest absolute Gasteiger partial charge is 0.416 e. The monoisotopic (exact) mass is 553 g/mol. The molecule has 2 amide bonds. The van der Waals surface area contributed by atoms with Gasteiger partial charge in [-0.25, -0.2) is 0 Å². The van der Waals surface area contributed by atoms with Crippen LogP contribution in [-0.4, -0.2) is 64.5 Å². The van der Waals surface area contributed by atoms with Crippen molar-refractivity contribution in [1.29, 1.82) is 0 Å². The van der Waals surface area contributed by atoms with Crippen LogP contribution in [0.1, 0.15) is 38.0 Å². The van der Waals surface area contributed by atoms with Gasteiger partial charge in [0.1, 0.15) is 11.4 Å². The summed E-state index contributed by atoms with van der Waals surface area (Å²) in [6.07, 6.45) is -4.44. The maximum absolute atomic E-state index is 13.8. The van der Waals surface area contributed by atoms with Crippen LogP contribution in [0.3, 0.4) is 0 Å². The molecule has 0 saturated carbocycles. The smallest absolute Gasteiger partial charge is 0.338 e. The molecule has 3 aromatic carbocycles. The van der Waals surface area contributed by atoms with Gasteiger partial charge < -0.3 is 9.80 Å². The highest BCUT2D eigenvalue weighted by molar-refractivity contribution is 7.99. The lowest BCUT2D eigenvalue weighted by atomic mass is 10.1. The van der Waals surface area contributed by atoms with Gasteiger partial charge in [-0.2, -0.15) is 13.2 Å². The topological polar surface area (TPSA) is 43.9 Å². The number of hydrogen-bond donors (Lipinski definition) is 0. The van der Waals surface area contributed by atoms with E-state index in [1.807, 2.05) is 42.2 Å². The number of nitrogens with zero attached hydrogens (tertiary/aromatic N) is 3. The van der Waals surface area contributed by atoms with Crippen LogP contribution in [0.15, 0.2) is 78.9 Å². The summed E-state index contributed by atoms with van der Waals surface area (Å²) in [5.74, 6) is -0.0329. The number of alkyl halides is 3. The zero-order chi connectivity index (χ0) is 27.6. The quantitative estimate of drug-likeness (QED) is 0.412. The van der Waals surface area contributed by atoms with Crippen LogP contribution < -0.4 is 0 Å². The van der Waals surface area contributed by atoms with E-state index in [2.05, 4.69) is 17.0 Å². The third-order valence-corrected chi connectivity index (χ3v) is 8.60. The first-order valence-corrected chi connectivity index (χ1v) is 14.0. The van der Waals surface area contributed by atoms with E-state index in [0.29, 0.717) is 30.0 Å². The second kappa shape index (κ2) is 11.4. The molecule has 2 atom stereocenters. The number of carbonyl (C=O) groups is 2. The Kier molecular flexibility index (Phi) is 8.00. The highest BCUT2D eigenvalue weighted by atomic mass is 32.2. The van der Waals surface area contributed by atoms with Crippen molar-refractivity contribution in [3.8, 4) is 0 Å². The second-order valence-electron chi connectivity index (χ2n) is 9.99.